The van der Waals surface area contributed by atoms with Crippen LogP contribution in [0.5, 0.6) is 5.88 Å². The first-order chi connectivity index (χ1) is 9.16. The number of rotatable bonds is 3. The Balaban J connectivity index is 1.64. The average Bonchev–Trinajstić information content (AvgIpc) is 2.18. The highest BCUT2D eigenvalue weighted by atomic mass is 19.4. The lowest BCUT2D eigenvalue weighted by atomic mass is 9.35. The number of alkyl halides is 3. The lowest BCUT2D eigenvalue weighted by Gasteiger charge is -2.70. The minimum absolute atomic E-state index is 0.0775. The lowest BCUT2D eigenvalue weighted by Crippen LogP contribution is -2.69. The van der Waals surface area contributed by atoms with E-state index in [9.17, 15) is 17.6 Å². The van der Waals surface area contributed by atoms with Crippen molar-refractivity contribution in [3.8, 4) is 5.88 Å². The molecule has 0 saturated heterocycles. The molecular formula is C13H14F4N2O. The van der Waals surface area contributed by atoms with E-state index in [0.717, 1.165) is 0 Å². The minimum Gasteiger partial charge on any atom is -0.475 e. The minimum atomic E-state index is -4.14. The standard InChI is InChI=1S/C13H14F4N2O/c1-7-9(14)10(19-8(2)18-7)20-6-11-3-12(4-11,5-11)13(15,16)17/h3-6H2,1-2H3. The van der Waals surface area contributed by atoms with Crippen molar-refractivity contribution in [1.29, 1.82) is 0 Å². The van der Waals surface area contributed by atoms with Gasteiger partial charge in [0.1, 0.15) is 5.82 Å². The fourth-order valence-electron chi connectivity index (χ4n) is 3.44. The molecule has 4 rings (SSSR count). The lowest BCUT2D eigenvalue weighted by molar-refractivity contribution is -0.367. The molecule has 110 valence electrons. The zero-order chi connectivity index (χ0) is 14.8. The third-order valence-corrected chi connectivity index (χ3v) is 4.35. The van der Waals surface area contributed by atoms with Gasteiger partial charge in [0.2, 0.25) is 5.82 Å². The Morgan fingerprint density at radius 1 is 1.15 bits per heavy atom. The molecule has 3 aliphatic carbocycles. The van der Waals surface area contributed by atoms with Crippen LogP contribution < -0.4 is 4.74 Å². The Morgan fingerprint density at radius 3 is 2.30 bits per heavy atom. The normalized spacial score (nSPS) is 31.5. The van der Waals surface area contributed by atoms with Crippen LogP contribution in [0.15, 0.2) is 0 Å². The van der Waals surface area contributed by atoms with Crippen LogP contribution in [0.3, 0.4) is 0 Å². The van der Waals surface area contributed by atoms with Crippen LogP contribution in [0.25, 0.3) is 0 Å². The van der Waals surface area contributed by atoms with Crippen molar-refractivity contribution in [1.82, 2.24) is 9.97 Å². The maximum absolute atomic E-state index is 13.7. The van der Waals surface area contributed by atoms with Gasteiger partial charge in [-0.3, -0.25) is 0 Å². The van der Waals surface area contributed by atoms with E-state index in [2.05, 4.69) is 9.97 Å². The zero-order valence-electron chi connectivity index (χ0n) is 11.1. The van der Waals surface area contributed by atoms with E-state index in [0.29, 0.717) is 5.82 Å². The molecule has 0 unspecified atom stereocenters. The van der Waals surface area contributed by atoms with E-state index in [1.54, 1.807) is 6.92 Å². The SMILES string of the molecule is Cc1nc(C)c(F)c(OCC23CC(C(F)(F)F)(C2)C3)n1. The topological polar surface area (TPSA) is 35.0 Å². The number of nitrogens with zero attached hydrogens (tertiary/aromatic N) is 2. The summed E-state index contributed by atoms with van der Waals surface area (Å²) in [5.74, 6) is -0.434. The van der Waals surface area contributed by atoms with Crippen LogP contribution in [0, 0.1) is 30.5 Å². The van der Waals surface area contributed by atoms with E-state index < -0.39 is 22.8 Å². The number of hydrogen-bond acceptors (Lipinski definition) is 3. The zero-order valence-corrected chi connectivity index (χ0v) is 11.1. The van der Waals surface area contributed by atoms with Crippen molar-refractivity contribution in [2.75, 3.05) is 6.61 Å². The molecule has 20 heavy (non-hydrogen) atoms. The van der Waals surface area contributed by atoms with Gasteiger partial charge in [0.25, 0.3) is 5.88 Å². The highest BCUT2D eigenvalue weighted by molar-refractivity contribution is 5.22. The summed E-state index contributed by atoms with van der Waals surface area (Å²) in [4.78, 5) is 7.70. The summed E-state index contributed by atoms with van der Waals surface area (Å²) in [5, 5.41) is 0. The Kier molecular flexibility index (Phi) is 2.60. The highest BCUT2D eigenvalue weighted by Crippen LogP contribution is 2.78. The number of halogens is 4. The van der Waals surface area contributed by atoms with E-state index >= 15 is 0 Å². The molecule has 1 aromatic heterocycles. The second-order valence-corrected chi connectivity index (χ2v) is 6.07. The predicted octanol–water partition coefficient (Wildman–Crippen LogP) is 3.34. The van der Waals surface area contributed by atoms with Gasteiger partial charge < -0.3 is 4.74 Å². The molecule has 2 bridgehead atoms. The smallest absolute Gasteiger partial charge is 0.394 e. The number of ether oxygens (including phenoxy) is 1. The van der Waals surface area contributed by atoms with Crippen molar-refractivity contribution in [2.24, 2.45) is 10.8 Å². The predicted molar refractivity (Wildman–Crippen MR) is 61.7 cm³/mol. The number of aromatic nitrogens is 2. The molecule has 3 fully saturated rings. The van der Waals surface area contributed by atoms with Crippen LogP contribution in [0.2, 0.25) is 0 Å². The van der Waals surface area contributed by atoms with E-state index in [-0.39, 0.29) is 37.4 Å². The molecule has 0 aliphatic heterocycles. The van der Waals surface area contributed by atoms with Crippen LogP contribution in [-0.4, -0.2) is 22.8 Å². The van der Waals surface area contributed by atoms with Crippen LogP contribution in [-0.2, 0) is 0 Å². The van der Waals surface area contributed by atoms with Crippen LogP contribution in [0.4, 0.5) is 17.6 Å². The molecule has 0 amide bonds. The third-order valence-electron chi connectivity index (χ3n) is 4.35. The Morgan fingerprint density at radius 2 is 1.75 bits per heavy atom. The van der Waals surface area contributed by atoms with E-state index in [1.165, 1.54) is 6.92 Å². The average molecular weight is 290 g/mol. The van der Waals surface area contributed by atoms with Crippen molar-refractivity contribution < 1.29 is 22.3 Å². The monoisotopic (exact) mass is 290 g/mol. The quantitative estimate of drug-likeness (QED) is 0.801. The van der Waals surface area contributed by atoms with E-state index in [1.807, 2.05) is 0 Å². The molecule has 1 heterocycles. The van der Waals surface area contributed by atoms with E-state index in [4.69, 9.17) is 4.74 Å². The summed E-state index contributed by atoms with van der Waals surface area (Å²) in [6, 6.07) is 0. The summed E-state index contributed by atoms with van der Waals surface area (Å²) in [5.41, 5.74) is -1.78. The summed E-state index contributed by atoms with van der Waals surface area (Å²) >= 11 is 0. The Hall–Kier alpha value is -1.40. The van der Waals surface area contributed by atoms with Gasteiger partial charge in [-0.25, -0.2) is 4.98 Å². The van der Waals surface area contributed by atoms with Crippen molar-refractivity contribution in [3.05, 3.63) is 17.3 Å². The van der Waals surface area contributed by atoms with Gasteiger partial charge in [0.15, 0.2) is 0 Å². The first kappa shape index (κ1) is 13.6. The fraction of sp³-hybridized carbons (Fsp3) is 0.692. The molecule has 7 heteroatoms. The fourth-order valence-corrected chi connectivity index (χ4v) is 3.44. The van der Waals surface area contributed by atoms with Gasteiger partial charge in [-0.05, 0) is 33.1 Å². The van der Waals surface area contributed by atoms with Gasteiger partial charge in [-0.2, -0.15) is 22.5 Å². The van der Waals surface area contributed by atoms with Gasteiger partial charge in [-0.15, -0.1) is 0 Å². The molecule has 3 saturated carbocycles. The maximum Gasteiger partial charge on any atom is 0.394 e. The molecule has 0 atom stereocenters. The first-order valence-corrected chi connectivity index (χ1v) is 6.37. The van der Waals surface area contributed by atoms with Gasteiger partial charge in [0, 0.05) is 5.41 Å². The summed E-state index contributed by atoms with van der Waals surface area (Å²) in [6.45, 7) is 3.19. The molecule has 3 nitrogen and oxygen atoms in total. The molecular weight excluding hydrogens is 276 g/mol. The van der Waals surface area contributed by atoms with Crippen molar-refractivity contribution >= 4 is 0 Å². The maximum atomic E-state index is 13.7. The Labute approximate surface area is 113 Å². The van der Waals surface area contributed by atoms with Crippen LogP contribution >= 0.6 is 0 Å². The molecule has 0 radical (unpaired) electrons. The second kappa shape index (κ2) is 3.83. The molecule has 0 spiro atoms. The van der Waals surface area contributed by atoms with Gasteiger partial charge in [0.05, 0.1) is 17.7 Å². The number of hydrogen-bond donors (Lipinski definition) is 0. The van der Waals surface area contributed by atoms with Crippen molar-refractivity contribution in [3.63, 3.8) is 0 Å². The second-order valence-electron chi connectivity index (χ2n) is 6.07. The summed E-state index contributed by atoms with van der Waals surface area (Å²) in [6.07, 6.45) is -3.90. The largest absolute Gasteiger partial charge is 0.475 e. The van der Waals surface area contributed by atoms with Crippen LogP contribution in [0.1, 0.15) is 30.8 Å². The molecule has 0 N–H and O–H groups in total. The summed E-state index contributed by atoms with van der Waals surface area (Å²) < 4.78 is 57.1. The van der Waals surface area contributed by atoms with Gasteiger partial charge >= 0.3 is 6.18 Å². The molecule has 1 aromatic rings. The first-order valence-electron chi connectivity index (χ1n) is 6.37. The van der Waals surface area contributed by atoms with Gasteiger partial charge in [-0.1, -0.05) is 0 Å². The highest BCUT2D eigenvalue weighted by Gasteiger charge is 2.78. The summed E-state index contributed by atoms with van der Waals surface area (Å²) in [7, 11) is 0. The number of aryl methyl sites for hydroxylation is 2. The molecule has 3 aliphatic rings. The molecule has 0 aromatic carbocycles. The third kappa shape index (κ3) is 1.78. The Bertz CT molecular complexity index is 550. The van der Waals surface area contributed by atoms with Crippen molar-refractivity contribution in [2.45, 2.75) is 39.3 Å².